The third-order valence-electron chi connectivity index (χ3n) is 3.28. The van der Waals surface area contributed by atoms with Crippen molar-refractivity contribution in [2.24, 2.45) is 0 Å². The molecular weight excluding hydrogens is 372 g/mol. The van der Waals surface area contributed by atoms with E-state index in [2.05, 4.69) is 26.2 Å². The Bertz CT molecular complexity index is 894. The molecule has 0 bridgehead atoms. The summed E-state index contributed by atoms with van der Waals surface area (Å²) in [5.41, 5.74) is 1.89. The van der Waals surface area contributed by atoms with Crippen LogP contribution in [0.1, 0.15) is 10.4 Å². The Kier molecular flexibility index (Phi) is 5.97. The maximum Gasteiger partial charge on any atom is 0.321 e. The van der Waals surface area contributed by atoms with Crippen LogP contribution >= 0.6 is 23.1 Å². The Morgan fingerprint density at radius 3 is 2.92 bits per heavy atom. The fraction of sp³-hybridized carbons (Fsp3) is 0.188. The molecule has 0 spiro atoms. The molecule has 0 aliphatic rings. The van der Waals surface area contributed by atoms with Crippen LogP contribution in [0.2, 0.25) is 0 Å². The molecular formula is C16H16N6O2S2. The molecule has 0 saturated heterocycles. The van der Waals surface area contributed by atoms with Crippen molar-refractivity contribution < 1.29 is 9.59 Å². The Morgan fingerprint density at radius 2 is 2.15 bits per heavy atom. The second-order valence-electron chi connectivity index (χ2n) is 5.31. The third-order valence-corrected chi connectivity index (χ3v) is 5.07. The van der Waals surface area contributed by atoms with Crippen molar-refractivity contribution in [1.29, 1.82) is 0 Å². The van der Waals surface area contributed by atoms with Crippen LogP contribution in [0, 0.1) is 6.92 Å². The van der Waals surface area contributed by atoms with Gasteiger partial charge in [0.2, 0.25) is 11.1 Å². The lowest BCUT2D eigenvalue weighted by Gasteiger charge is -2.06. The molecule has 0 saturated carbocycles. The number of hydrogen-bond donors (Lipinski definition) is 2. The van der Waals surface area contributed by atoms with Gasteiger partial charge in [-0.3, -0.25) is 10.1 Å². The van der Waals surface area contributed by atoms with Crippen LogP contribution in [0.3, 0.4) is 0 Å². The first-order chi connectivity index (χ1) is 12.6. The molecule has 1 aromatic carbocycles. The van der Waals surface area contributed by atoms with Gasteiger partial charge in [0.05, 0.1) is 18.0 Å². The Labute approximate surface area is 158 Å². The number of nitrogens with one attached hydrogen (secondary N) is 2. The van der Waals surface area contributed by atoms with Gasteiger partial charge in [-0.1, -0.05) is 30.0 Å². The van der Waals surface area contributed by atoms with E-state index in [1.807, 2.05) is 48.7 Å². The molecule has 2 heterocycles. The molecule has 3 rings (SSSR count). The summed E-state index contributed by atoms with van der Waals surface area (Å²) in [6.45, 7) is 2.36. The zero-order chi connectivity index (χ0) is 18.4. The number of benzene rings is 1. The molecule has 0 aliphatic heterocycles. The zero-order valence-corrected chi connectivity index (χ0v) is 15.5. The summed E-state index contributed by atoms with van der Waals surface area (Å²) in [6.07, 6.45) is 0. The maximum atomic E-state index is 11.9. The van der Waals surface area contributed by atoms with E-state index >= 15 is 0 Å². The van der Waals surface area contributed by atoms with Crippen molar-refractivity contribution in [2.75, 3.05) is 5.75 Å². The van der Waals surface area contributed by atoms with Crippen molar-refractivity contribution >= 4 is 35.0 Å². The minimum Gasteiger partial charge on any atom is -0.333 e. The van der Waals surface area contributed by atoms with Gasteiger partial charge in [0.15, 0.2) is 0 Å². The number of rotatable bonds is 6. The van der Waals surface area contributed by atoms with E-state index in [1.165, 1.54) is 11.3 Å². The molecule has 3 amide bonds. The highest BCUT2D eigenvalue weighted by Crippen LogP contribution is 2.18. The highest BCUT2D eigenvalue weighted by atomic mass is 32.2. The van der Waals surface area contributed by atoms with E-state index < -0.39 is 11.9 Å². The van der Waals surface area contributed by atoms with Crippen LogP contribution in [-0.4, -0.2) is 37.9 Å². The maximum absolute atomic E-state index is 11.9. The summed E-state index contributed by atoms with van der Waals surface area (Å²) in [4.78, 5) is 24.7. The average molecular weight is 388 g/mol. The van der Waals surface area contributed by atoms with Crippen LogP contribution in [0.4, 0.5) is 4.79 Å². The highest BCUT2D eigenvalue weighted by Gasteiger charge is 2.13. The summed E-state index contributed by atoms with van der Waals surface area (Å²) >= 11 is 2.69. The molecule has 2 aromatic heterocycles. The summed E-state index contributed by atoms with van der Waals surface area (Å²) in [5, 5.41) is 18.9. The minimum atomic E-state index is -0.526. The van der Waals surface area contributed by atoms with Gasteiger partial charge in [-0.05, 0) is 46.5 Å². The van der Waals surface area contributed by atoms with Gasteiger partial charge >= 0.3 is 6.03 Å². The standard InChI is InChI=1S/C16H16N6O2S2/c1-11-4-2-5-12(8-11)22-16(19-20-21-22)26-10-14(23)18-15(24)17-9-13-6-3-7-25-13/h2-8H,9-10H2,1H3,(H2,17,18,23,24). The van der Waals surface area contributed by atoms with Gasteiger partial charge in [0.1, 0.15) is 0 Å². The first-order valence-electron chi connectivity index (χ1n) is 7.70. The summed E-state index contributed by atoms with van der Waals surface area (Å²) in [7, 11) is 0. The van der Waals surface area contributed by atoms with E-state index in [0.29, 0.717) is 11.7 Å². The SMILES string of the molecule is Cc1cccc(-n2nnnc2SCC(=O)NC(=O)NCc2cccs2)c1. The smallest absolute Gasteiger partial charge is 0.321 e. The number of urea groups is 1. The van der Waals surface area contributed by atoms with Gasteiger partial charge in [-0.2, -0.15) is 4.68 Å². The molecule has 2 N–H and O–H groups in total. The van der Waals surface area contributed by atoms with Crippen LogP contribution < -0.4 is 10.6 Å². The number of aryl methyl sites for hydroxylation is 1. The predicted molar refractivity (Wildman–Crippen MR) is 99.3 cm³/mol. The monoisotopic (exact) mass is 388 g/mol. The Morgan fingerprint density at radius 1 is 1.27 bits per heavy atom. The first kappa shape index (κ1) is 18.1. The number of carbonyl (C=O) groups is 2. The van der Waals surface area contributed by atoms with Crippen LogP contribution in [-0.2, 0) is 11.3 Å². The molecule has 0 atom stereocenters. The van der Waals surface area contributed by atoms with Gasteiger partial charge in [-0.15, -0.1) is 16.4 Å². The van der Waals surface area contributed by atoms with E-state index in [1.54, 1.807) is 4.68 Å². The number of tetrazole rings is 1. The minimum absolute atomic E-state index is 0.0264. The van der Waals surface area contributed by atoms with Crippen molar-refractivity contribution in [3.63, 3.8) is 0 Å². The number of carbonyl (C=O) groups excluding carboxylic acids is 2. The van der Waals surface area contributed by atoms with Crippen LogP contribution in [0.5, 0.6) is 0 Å². The Balaban J connectivity index is 1.50. The molecule has 8 nitrogen and oxygen atoms in total. The van der Waals surface area contributed by atoms with E-state index in [9.17, 15) is 9.59 Å². The number of amides is 3. The number of nitrogens with zero attached hydrogens (tertiary/aromatic N) is 4. The quantitative estimate of drug-likeness (QED) is 0.628. The second kappa shape index (κ2) is 8.59. The summed E-state index contributed by atoms with van der Waals surface area (Å²) < 4.78 is 1.56. The Hall–Kier alpha value is -2.72. The lowest BCUT2D eigenvalue weighted by atomic mass is 10.2. The summed E-state index contributed by atoms with van der Waals surface area (Å²) in [5.74, 6) is -0.393. The molecule has 134 valence electrons. The number of aromatic nitrogens is 4. The zero-order valence-electron chi connectivity index (χ0n) is 13.9. The molecule has 0 aliphatic carbocycles. The average Bonchev–Trinajstić information content (AvgIpc) is 3.30. The molecule has 0 radical (unpaired) electrons. The fourth-order valence-corrected chi connectivity index (χ4v) is 3.44. The predicted octanol–water partition coefficient (Wildman–Crippen LogP) is 2.15. The van der Waals surface area contributed by atoms with Crippen molar-refractivity contribution in [3.8, 4) is 5.69 Å². The molecule has 0 unspecified atom stereocenters. The van der Waals surface area contributed by atoms with E-state index in [4.69, 9.17) is 0 Å². The second-order valence-corrected chi connectivity index (χ2v) is 7.29. The number of imide groups is 1. The molecule has 10 heteroatoms. The lowest BCUT2D eigenvalue weighted by Crippen LogP contribution is -2.39. The largest absolute Gasteiger partial charge is 0.333 e. The van der Waals surface area contributed by atoms with Crippen molar-refractivity contribution in [2.45, 2.75) is 18.6 Å². The number of thiophene rings is 1. The van der Waals surface area contributed by atoms with E-state index in [-0.39, 0.29) is 5.75 Å². The van der Waals surface area contributed by atoms with Gasteiger partial charge in [0.25, 0.3) is 0 Å². The highest BCUT2D eigenvalue weighted by molar-refractivity contribution is 7.99. The van der Waals surface area contributed by atoms with Gasteiger partial charge in [-0.25, -0.2) is 4.79 Å². The van der Waals surface area contributed by atoms with Crippen molar-refractivity contribution in [3.05, 3.63) is 52.2 Å². The molecule has 3 aromatic rings. The number of thioether (sulfide) groups is 1. The van der Waals surface area contributed by atoms with E-state index in [0.717, 1.165) is 27.9 Å². The molecule has 26 heavy (non-hydrogen) atoms. The normalized spacial score (nSPS) is 10.5. The van der Waals surface area contributed by atoms with Crippen molar-refractivity contribution in [1.82, 2.24) is 30.8 Å². The van der Waals surface area contributed by atoms with Gasteiger partial charge in [0, 0.05) is 4.88 Å². The molecule has 0 fully saturated rings. The first-order valence-corrected chi connectivity index (χ1v) is 9.56. The summed E-state index contributed by atoms with van der Waals surface area (Å²) in [6, 6.07) is 11.0. The van der Waals surface area contributed by atoms with Crippen LogP contribution in [0.25, 0.3) is 5.69 Å². The fourth-order valence-electron chi connectivity index (χ4n) is 2.11. The van der Waals surface area contributed by atoms with Gasteiger partial charge < -0.3 is 5.32 Å². The van der Waals surface area contributed by atoms with Crippen LogP contribution in [0.15, 0.2) is 46.9 Å². The topological polar surface area (TPSA) is 102 Å². The lowest BCUT2D eigenvalue weighted by molar-refractivity contribution is -0.117. The third kappa shape index (κ3) is 4.90. The number of hydrogen-bond acceptors (Lipinski definition) is 7.